The molecular formula is C38H38N2O4S3. The minimum Gasteiger partial charge on any atom is -0.268 e. The van der Waals surface area contributed by atoms with E-state index in [-0.39, 0.29) is 29.0 Å². The molecule has 1 aliphatic carbocycles. The van der Waals surface area contributed by atoms with Crippen LogP contribution in [0.3, 0.4) is 0 Å². The van der Waals surface area contributed by atoms with Crippen molar-refractivity contribution in [2.75, 3.05) is 5.75 Å². The van der Waals surface area contributed by atoms with E-state index in [1.54, 1.807) is 52.9 Å². The average Bonchev–Trinajstić information content (AvgIpc) is 3.86. The fourth-order valence-corrected chi connectivity index (χ4v) is 7.93. The first kappa shape index (κ1) is 34.3. The van der Waals surface area contributed by atoms with Crippen molar-refractivity contribution < 1.29 is 19.2 Å². The van der Waals surface area contributed by atoms with Crippen LogP contribution in [0.2, 0.25) is 0 Å². The number of allylic oxidation sites excluding steroid dienone is 9. The summed E-state index contributed by atoms with van der Waals surface area (Å²) in [7, 11) is 0. The summed E-state index contributed by atoms with van der Waals surface area (Å²) in [5.41, 5.74) is 2.51. The molecule has 0 spiro atoms. The van der Waals surface area contributed by atoms with Crippen LogP contribution in [0.15, 0.2) is 129 Å². The second-order valence-electron chi connectivity index (χ2n) is 11.2. The maximum Gasteiger partial charge on any atom is 0.275 e. The Morgan fingerprint density at radius 1 is 0.936 bits per heavy atom. The predicted octanol–water partition coefficient (Wildman–Crippen LogP) is 9.54. The number of nitrogens with zero attached hydrogens (tertiary/aromatic N) is 2. The fourth-order valence-electron chi connectivity index (χ4n) is 5.57. The number of amides is 4. The summed E-state index contributed by atoms with van der Waals surface area (Å²) in [6.45, 7) is 8.13. The normalized spacial score (nSPS) is 16.8. The fraction of sp³-hybridized carbons (Fsp3) is 0.263. The molecule has 0 N–H and O–H groups in total. The van der Waals surface area contributed by atoms with Gasteiger partial charge in [-0.3, -0.25) is 19.2 Å². The Balaban J connectivity index is 1.65. The molecule has 0 saturated heterocycles. The number of unbranched alkanes of at least 4 members (excludes halogenated alkanes) is 2. The Morgan fingerprint density at radius 3 is 2.26 bits per heavy atom. The molecule has 242 valence electrons. The third-order valence-corrected chi connectivity index (χ3v) is 10.7. The van der Waals surface area contributed by atoms with Crippen LogP contribution in [0, 0.1) is 0 Å². The molecule has 47 heavy (non-hydrogen) atoms. The summed E-state index contributed by atoms with van der Waals surface area (Å²) >= 11 is 4.18. The molecule has 0 aromatic carbocycles. The second kappa shape index (κ2) is 16.2. The number of imide groups is 2. The minimum atomic E-state index is -0.598. The van der Waals surface area contributed by atoms with Crippen LogP contribution in [0.1, 0.15) is 78.1 Å². The highest BCUT2D eigenvalue weighted by Crippen LogP contribution is 2.45. The summed E-state index contributed by atoms with van der Waals surface area (Å²) in [6, 6.07) is 6.86. The highest BCUT2D eigenvalue weighted by atomic mass is 32.2. The quantitative estimate of drug-likeness (QED) is 0.113. The van der Waals surface area contributed by atoms with Gasteiger partial charge in [0.05, 0.1) is 26.6 Å². The molecule has 9 heteroatoms. The first-order valence-electron chi connectivity index (χ1n) is 15.9. The molecule has 4 heterocycles. The third kappa shape index (κ3) is 7.43. The molecule has 2 aromatic rings. The van der Waals surface area contributed by atoms with E-state index in [0.29, 0.717) is 15.3 Å². The molecule has 0 bridgehead atoms. The standard InChI is InChI=1S/C38H38N2O4S3/c1-4-7-14-26-15-9-16-27(22-21-26)34-33-32(37(43)40(34)36(42)31-20-12-25-47-31)29(18-10-17-28(13-6-3)45-23-8-5-2)39(38(33)44)35(41)30-19-11-24-46-30/h6,9-13,16-17,19-22,24-25H,3-5,7-8,14-15,18,23H2,1-2H3/b17-10-,28-13+. The zero-order valence-electron chi connectivity index (χ0n) is 26.7. The highest BCUT2D eigenvalue weighted by molar-refractivity contribution is 8.03. The van der Waals surface area contributed by atoms with Gasteiger partial charge in [-0.25, -0.2) is 9.80 Å². The van der Waals surface area contributed by atoms with Crippen LogP contribution in [0.4, 0.5) is 0 Å². The van der Waals surface area contributed by atoms with Gasteiger partial charge in [-0.1, -0.05) is 93.5 Å². The van der Waals surface area contributed by atoms with Crippen molar-refractivity contribution in [2.24, 2.45) is 0 Å². The number of thiophene rings is 2. The van der Waals surface area contributed by atoms with E-state index in [1.807, 2.05) is 42.5 Å². The molecule has 0 radical (unpaired) electrons. The topological polar surface area (TPSA) is 74.8 Å². The van der Waals surface area contributed by atoms with Crippen LogP contribution in [-0.4, -0.2) is 39.2 Å². The van der Waals surface area contributed by atoms with Crippen LogP contribution in [0.25, 0.3) is 0 Å². The Bertz CT molecular complexity index is 1770. The molecule has 0 saturated carbocycles. The molecule has 0 fully saturated rings. The van der Waals surface area contributed by atoms with Crippen LogP contribution in [0.5, 0.6) is 0 Å². The lowest BCUT2D eigenvalue weighted by molar-refractivity contribution is -0.122. The van der Waals surface area contributed by atoms with Gasteiger partial charge in [0.25, 0.3) is 23.6 Å². The van der Waals surface area contributed by atoms with E-state index >= 15 is 0 Å². The predicted molar refractivity (Wildman–Crippen MR) is 194 cm³/mol. The summed E-state index contributed by atoms with van der Waals surface area (Å²) < 4.78 is 0. The first-order valence-corrected chi connectivity index (χ1v) is 18.7. The van der Waals surface area contributed by atoms with E-state index in [4.69, 9.17) is 0 Å². The molecule has 4 amide bonds. The number of carbonyl (C=O) groups excluding carboxylic acids is 4. The molecule has 0 unspecified atom stereocenters. The minimum absolute atomic E-state index is 0.0914. The third-order valence-electron chi connectivity index (χ3n) is 7.92. The van der Waals surface area contributed by atoms with E-state index in [1.165, 1.54) is 28.2 Å². The first-order chi connectivity index (χ1) is 22.9. The molecule has 3 aliphatic rings. The lowest BCUT2D eigenvalue weighted by atomic mass is 10.0. The summed E-state index contributed by atoms with van der Waals surface area (Å²) in [5, 5.41) is 3.56. The number of thioether (sulfide) groups is 1. The number of carbonyl (C=O) groups is 4. The SMILES string of the molecule is C=C/C=C(\C=C/CC1=C2C(=O)N(C(=O)c3cccs3)C(C3=CC=C(CCCC)CC=C3)=C2C(=O)N1C(=O)c1cccs1)SCCCC. The number of hydrogen-bond donors (Lipinski definition) is 0. The summed E-state index contributed by atoms with van der Waals surface area (Å²) in [4.78, 5) is 60.8. The van der Waals surface area contributed by atoms with Crippen LogP contribution in [-0.2, 0) is 9.59 Å². The lowest BCUT2D eigenvalue weighted by Crippen LogP contribution is -2.37. The molecule has 6 nitrogen and oxygen atoms in total. The number of hydrogen-bond acceptors (Lipinski definition) is 7. The Labute approximate surface area is 288 Å². The van der Waals surface area contributed by atoms with E-state index in [9.17, 15) is 19.2 Å². The van der Waals surface area contributed by atoms with Crippen molar-refractivity contribution in [2.45, 2.75) is 58.8 Å². The van der Waals surface area contributed by atoms with Crippen molar-refractivity contribution in [3.05, 3.63) is 139 Å². The lowest BCUT2D eigenvalue weighted by Gasteiger charge is -2.22. The largest absolute Gasteiger partial charge is 0.275 e. The van der Waals surface area contributed by atoms with Crippen molar-refractivity contribution in [3.8, 4) is 0 Å². The molecule has 2 aliphatic heterocycles. The van der Waals surface area contributed by atoms with Gasteiger partial charge in [0.1, 0.15) is 0 Å². The van der Waals surface area contributed by atoms with Gasteiger partial charge in [-0.2, -0.15) is 0 Å². The monoisotopic (exact) mass is 682 g/mol. The van der Waals surface area contributed by atoms with Crippen molar-refractivity contribution >= 4 is 58.1 Å². The Kier molecular flexibility index (Phi) is 11.8. The van der Waals surface area contributed by atoms with Gasteiger partial charge in [-0.05, 0) is 66.0 Å². The summed E-state index contributed by atoms with van der Waals surface area (Å²) in [5.74, 6) is -1.23. The zero-order valence-corrected chi connectivity index (χ0v) is 29.1. The maximum absolute atomic E-state index is 14.5. The Hall–Kier alpha value is -4.05. The van der Waals surface area contributed by atoms with Gasteiger partial charge < -0.3 is 0 Å². The smallest absolute Gasteiger partial charge is 0.268 e. The molecule has 5 rings (SSSR count). The number of rotatable bonds is 14. The van der Waals surface area contributed by atoms with Crippen LogP contribution < -0.4 is 0 Å². The molecule has 2 aromatic heterocycles. The van der Waals surface area contributed by atoms with Gasteiger partial charge >= 0.3 is 0 Å². The molecular weight excluding hydrogens is 645 g/mol. The maximum atomic E-state index is 14.5. The van der Waals surface area contributed by atoms with Gasteiger partial charge in [0.15, 0.2) is 0 Å². The summed E-state index contributed by atoms with van der Waals surface area (Å²) in [6.07, 6.45) is 21.3. The number of fused-ring (bicyclic) bond motifs is 1. The highest BCUT2D eigenvalue weighted by Gasteiger charge is 2.52. The van der Waals surface area contributed by atoms with E-state index in [0.717, 1.165) is 59.0 Å². The average molecular weight is 683 g/mol. The van der Waals surface area contributed by atoms with Crippen molar-refractivity contribution in [1.82, 2.24) is 9.80 Å². The van der Waals surface area contributed by atoms with Gasteiger partial charge in [0.2, 0.25) is 0 Å². The van der Waals surface area contributed by atoms with E-state index in [2.05, 4.69) is 20.4 Å². The Morgan fingerprint density at radius 2 is 1.62 bits per heavy atom. The van der Waals surface area contributed by atoms with Gasteiger partial charge in [-0.15, -0.1) is 34.4 Å². The van der Waals surface area contributed by atoms with Gasteiger partial charge in [0, 0.05) is 17.0 Å². The van der Waals surface area contributed by atoms with E-state index < -0.39 is 23.6 Å². The zero-order chi connectivity index (χ0) is 33.3. The van der Waals surface area contributed by atoms with Crippen LogP contribution >= 0.6 is 34.4 Å². The van der Waals surface area contributed by atoms with Crippen molar-refractivity contribution in [1.29, 1.82) is 0 Å². The second-order valence-corrected chi connectivity index (χ2v) is 14.2. The van der Waals surface area contributed by atoms with Crippen molar-refractivity contribution in [3.63, 3.8) is 0 Å². The molecule has 0 atom stereocenters.